The van der Waals surface area contributed by atoms with E-state index in [0.29, 0.717) is 0 Å². The number of benzene rings is 1. The second kappa shape index (κ2) is 4.28. The van der Waals surface area contributed by atoms with Crippen molar-refractivity contribution in [2.24, 2.45) is 0 Å². The first-order valence-corrected chi connectivity index (χ1v) is 6.94. The molecule has 0 saturated heterocycles. The summed E-state index contributed by atoms with van der Waals surface area (Å²) in [5, 5.41) is 12.6. The highest BCUT2D eigenvalue weighted by Crippen LogP contribution is 2.42. The van der Waals surface area contributed by atoms with E-state index in [1.54, 1.807) is 11.3 Å². The molecule has 1 heterocycles. The molecule has 2 aromatic rings. The third-order valence-electron chi connectivity index (χ3n) is 3.65. The SMILES string of the molecule is Cc1cc(C(O)C2CCc3ccccc32)cs1. The summed E-state index contributed by atoms with van der Waals surface area (Å²) in [4.78, 5) is 1.27. The van der Waals surface area contributed by atoms with E-state index < -0.39 is 0 Å². The molecule has 0 aliphatic heterocycles. The summed E-state index contributed by atoms with van der Waals surface area (Å²) in [5.41, 5.74) is 3.82. The zero-order valence-corrected chi connectivity index (χ0v) is 10.7. The van der Waals surface area contributed by atoms with Crippen LogP contribution in [0.5, 0.6) is 0 Å². The quantitative estimate of drug-likeness (QED) is 0.851. The van der Waals surface area contributed by atoms with E-state index in [0.717, 1.165) is 18.4 Å². The van der Waals surface area contributed by atoms with Crippen LogP contribution < -0.4 is 0 Å². The molecule has 1 aromatic heterocycles. The highest BCUT2D eigenvalue weighted by molar-refractivity contribution is 7.10. The van der Waals surface area contributed by atoms with Crippen molar-refractivity contribution in [1.29, 1.82) is 0 Å². The Bertz CT molecular complexity index is 529. The Morgan fingerprint density at radius 3 is 2.94 bits per heavy atom. The summed E-state index contributed by atoms with van der Waals surface area (Å²) in [5.74, 6) is 0.278. The predicted octanol–water partition coefficient (Wildman–Crippen LogP) is 3.82. The summed E-state index contributed by atoms with van der Waals surface area (Å²) in [6, 6.07) is 10.6. The fraction of sp³-hybridized carbons (Fsp3) is 0.333. The molecule has 0 spiro atoms. The Kier molecular flexibility index (Phi) is 2.77. The van der Waals surface area contributed by atoms with Crippen molar-refractivity contribution >= 4 is 11.3 Å². The molecule has 2 heteroatoms. The lowest BCUT2D eigenvalue weighted by atomic mass is 9.92. The lowest BCUT2D eigenvalue weighted by Gasteiger charge is -2.18. The number of thiophene rings is 1. The summed E-state index contributed by atoms with van der Waals surface area (Å²) in [7, 11) is 0. The van der Waals surface area contributed by atoms with Crippen molar-refractivity contribution in [3.63, 3.8) is 0 Å². The molecule has 88 valence electrons. The van der Waals surface area contributed by atoms with Gasteiger partial charge in [0, 0.05) is 10.8 Å². The van der Waals surface area contributed by atoms with Crippen LogP contribution in [0.3, 0.4) is 0 Å². The number of fused-ring (bicyclic) bond motifs is 1. The lowest BCUT2D eigenvalue weighted by Crippen LogP contribution is -2.07. The summed E-state index contributed by atoms with van der Waals surface area (Å²) < 4.78 is 0. The zero-order valence-electron chi connectivity index (χ0n) is 9.89. The highest BCUT2D eigenvalue weighted by atomic mass is 32.1. The maximum absolute atomic E-state index is 10.5. The number of aliphatic hydroxyl groups excluding tert-OH is 1. The smallest absolute Gasteiger partial charge is 0.0866 e. The van der Waals surface area contributed by atoms with Crippen LogP contribution in [-0.4, -0.2) is 5.11 Å². The average molecular weight is 244 g/mol. The lowest BCUT2D eigenvalue weighted by molar-refractivity contribution is 0.145. The van der Waals surface area contributed by atoms with E-state index in [2.05, 4.69) is 42.6 Å². The molecule has 0 fully saturated rings. The molecule has 3 rings (SSSR count). The minimum absolute atomic E-state index is 0.278. The Morgan fingerprint density at radius 1 is 1.35 bits per heavy atom. The number of aryl methyl sites for hydroxylation is 2. The van der Waals surface area contributed by atoms with Crippen molar-refractivity contribution in [2.75, 3.05) is 0 Å². The molecule has 2 unspecified atom stereocenters. The van der Waals surface area contributed by atoms with Crippen LogP contribution in [0.25, 0.3) is 0 Å². The van der Waals surface area contributed by atoms with E-state index >= 15 is 0 Å². The summed E-state index contributed by atoms with van der Waals surface area (Å²) in [6.45, 7) is 2.09. The monoisotopic (exact) mass is 244 g/mol. The average Bonchev–Trinajstić information content (AvgIpc) is 2.94. The van der Waals surface area contributed by atoms with Gasteiger partial charge in [-0.1, -0.05) is 24.3 Å². The van der Waals surface area contributed by atoms with E-state index in [9.17, 15) is 5.11 Å². The van der Waals surface area contributed by atoms with Gasteiger partial charge in [0.1, 0.15) is 0 Å². The molecular weight excluding hydrogens is 228 g/mol. The predicted molar refractivity (Wildman–Crippen MR) is 71.5 cm³/mol. The van der Waals surface area contributed by atoms with Crippen LogP contribution in [0.4, 0.5) is 0 Å². The highest BCUT2D eigenvalue weighted by Gasteiger charge is 2.29. The summed E-state index contributed by atoms with van der Waals surface area (Å²) >= 11 is 1.71. The minimum Gasteiger partial charge on any atom is -0.388 e. The number of hydrogen-bond donors (Lipinski definition) is 1. The second-order valence-electron chi connectivity index (χ2n) is 4.78. The number of rotatable bonds is 2. The molecule has 1 aliphatic carbocycles. The number of hydrogen-bond acceptors (Lipinski definition) is 2. The maximum Gasteiger partial charge on any atom is 0.0866 e. The topological polar surface area (TPSA) is 20.2 Å². The van der Waals surface area contributed by atoms with Crippen LogP contribution in [0.2, 0.25) is 0 Å². The standard InChI is InChI=1S/C15H16OS/c1-10-8-12(9-17-10)15(16)14-7-6-11-4-2-3-5-13(11)14/h2-5,8-9,14-16H,6-7H2,1H3. The second-order valence-corrected chi connectivity index (χ2v) is 5.89. The van der Waals surface area contributed by atoms with Crippen LogP contribution in [0.1, 0.15) is 40.0 Å². The third-order valence-corrected chi connectivity index (χ3v) is 4.53. The van der Waals surface area contributed by atoms with Gasteiger partial charge in [-0.25, -0.2) is 0 Å². The molecule has 17 heavy (non-hydrogen) atoms. The molecule has 0 bridgehead atoms. The van der Waals surface area contributed by atoms with Gasteiger partial charge in [-0.2, -0.15) is 0 Å². The Morgan fingerprint density at radius 2 is 2.18 bits per heavy atom. The maximum atomic E-state index is 10.5. The van der Waals surface area contributed by atoms with Crippen molar-refractivity contribution in [1.82, 2.24) is 0 Å². The fourth-order valence-corrected chi connectivity index (χ4v) is 3.50. The van der Waals surface area contributed by atoms with Gasteiger partial charge >= 0.3 is 0 Å². The molecule has 1 aliphatic rings. The largest absolute Gasteiger partial charge is 0.388 e. The van der Waals surface area contributed by atoms with E-state index in [4.69, 9.17) is 0 Å². The summed E-state index contributed by atoms with van der Waals surface area (Å²) in [6.07, 6.45) is 1.82. The van der Waals surface area contributed by atoms with Crippen molar-refractivity contribution in [3.05, 3.63) is 57.3 Å². The van der Waals surface area contributed by atoms with Gasteiger partial charge < -0.3 is 5.11 Å². The van der Waals surface area contributed by atoms with Gasteiger partial charge in [-0.05, 0) is 47.9 Å². The van der Waals surface area contributed by atoms with Gasteiger partial charge in [0.25, 0.3) is 0 Å². The van der Waals surface area contributed by atoms with Crippen molar-refractivity contribution in [3.8, 4) is 0 Å². The molecule has 0 saturated carbocycles. The van der Waals surface area contributed by atoms with E-state index in [1.807, 2.05) is 0 Å². The normalized spacial score (nSPS) is 20.2. The molecule has 1 nitrogen and oxygen atoms in total. The Labute approximate surface area is 106 Å². The minimum atomic E-state index is -0.344. The van der Waals surface area contributed by atoms with Crippen LogP contribution in [-0.2, 0) is 6.42 Å². The molecular formula is C15H16OS. The third kappa shape index (κ3) is 1.92. The van der Waals surface area contributed by atoms with E-state index in [1.165, 1.54) is 16.0 Å². The van der Waals surface area contributed by atoms with Crippen LogP contribution in [0, 0.1) is 6.92 Å². The van der Waals surface area contributed by atoms with Crippen LogP contribution >= 0.6 is 11.3 Å². The Hall–Kier alpha value is -1.12. The van der Waals surface area contributed by atoms with E-state index in [-0.39, 0.29) is 12.0 Å². The van der Waals surface area contributed by atoms with Gasteiger partial charge in [-0.3, -0.25) is 0 Å². The van der Waals surface area contributed by atoms with Gasteiger partial charge in [-0.15, -0.1) is 11.3 Å². The van der Waals surface area contributed by atoms with Crippen molar-refractivity contribution < 1.29 is 5.11 Å². The first-order valence-electron chi connectivity index (χ1n) is 6.06. The molecule has 1 aromatic carbocycles. The first-order chi connectivity index (χ1) is 8.25. The molecule has 0 radical (unpaired) electrons. The zero-order chi connectivity index (χ0) is 11.8. The van der Waals surface area contributed by atoms with Crippen molar-refractivity contribution in [2.45, 2.75) is 31.8 Å². The van der Waals surface area contributed by atoms with Gasteiger partial charge in [0.2, 0.25) is 0 Å². The molecule has 2 atom stereocenters. The fourth-order valence-electron chi connectivity index (χ4n) is 2.77. The van der Waals surface area contributed by atoms with Crippen LogP contribution in [0.15, 0.2) is 35.7 Å². The molecule has 1 N–H and O–H groups in total. The number of aliphatic hydroxyl groups is 1. The molecule has 0 amide bonds. The van der Waals surface area contributed by atoms with Gasteiger partial charge in [0.05, 0.1) is 6.10 Å². The first kappa shape index (κ1) is 11.0. The Balaban J connectivity index is 1.92. The van der Waals surface area contributed by atoms with Gasteiger partial charge in [0.15, 0.2) is 0 Å².